The molecule has 7 heteroatoms. The number of hydrogen-bond acceptors (Lipinski definition) is 5. The summed E-state index contributed by atoms with van der Waals surface area (Å²) in [6.45, 7) is 9.65. The molecule has 1 aromatic carbocycles. The average molecular weight is 450 g/mol. The average Bonchev–Trinajstić information content (AvgIpc) is 3.62. The number of fused-ring (bicyclic) bond motifs is 4. The number of ether oxygens (including phenoxy) is 1. The van der Waals surface area contributed by atoms with E-state index in [1.165, 1.54) is 0 Å². The minimum atomic E-state index is 0.204. The van der Waals surface area contributed by atoms with Gasteiger partial charge >= 0.3 is 0 Å². The molecule has 0 N–H and O–H groups in total. The van der Waals surface area contributed by atoms with E-state index in [2.05, 4.69) is 23.0 Å². The normalized spacial score (nSPS) is 16.1. The zero-order chi connectivity index (χ0) is 23.2. The molecule has 0 atom stereocenters. The Labute approximate surface area is 196 Å². The van der Waals surface area contributed by atoms with Gasteiger partial charge in [0.1, 0.15) is 18.2 Å². The minimum Gasteiger partial charge on any atom is -0.492 e. The zero-order valence-corrected chi connectivity index (χ0v) is 20.0. The maximum atomic E-state index is 12.9. The monoisotopic (exact) mass is 449 g/mol. The van der Waals surface area contributed by atoms with E-state index in [1.54, 1.807) is 0 Å². The predicted octanol–water partition coefficient (Wildman–Crippen LogP) is 4.66. The van der Waals surface area contributed by atoms with Crippen molar-refractivity contribution in [2.45, 2.75) is 46.5 Å². The summed E-state index contributed by atoms with van der Waals surface area (Å²) in [6, 6.07) is 10.1. The molecule has 0 spiro atoms. The van der Waals surface area contributed by atoms with Crippen LogP contribution < -0.4 is 9.64 Å². The van der Waals surface area contributed by atoms with Crippen LogP contribution in [0, 0.1) is 5.92 Å². The first-order valence-electron chi connectivity index (χ1n) is 12.3. The number of anilines is 1. The third kappa shape index (κ3) is 5.29. The second-order valence-corrected chi connectivity index (χ2v) is 8.43. The zero-order valence-electron chi connectivity index (χ0n) is 20.0. The van der Waals surface area contributed by atoms with Crippen molar-refractivity contribution in [2.75, 3.05) is 37.7 Å². The largest absolute Gasteiger partial charge is 0.492 e. The molecule has 1 saturated carbocycles. The van der Waals surface area contributed by atoms with Crippen molar-refractivity contribution in [1.29, 1.82) is 0 Å². The summed E-state index contributed by atoms with van der Waals surface area (Å²) in [5.74, 6) is 2.20. The molecule has 33 heavy (non-hydrogen) atoms. The summed E-state index contributed by atoms with van der Waals surface area (Å²) in [5.41, 5.74) is 2.85. The Balaban J connectivity index is 0.00000126. The molecule has 0 radical (unpaired) electrons. The molecule has 7 nitrogen and oxygen atoms in total. The third-order valence-electron chi connectivity index (χ3n) is 6.11. The van der Waals surface area contributed by atoms with Crippen LogP contribution in [0.2, 0.25) is 0 Å². The van der Waals surface area contributed by atoms with Gasteiger partial charge < -0.3 is 14.5 Å². The number of rotatable bonds is 4. The van der Waals surface area contributed by atoms with Gasteiger partial charge in [0.05, 0.1) is 12.7 Å². The Kier molecular flexibility index (Phi) is 7.47. The molecule has 1 aliphatic carbocycles. The van der Waals surface area contributed by atoms with E-state index in [1.807, 2.05) is 59.9 Å². The summed E-state index contributed by atoms with van der Waals surface area (Å²) >= 11 is 0. The highest BCUT2D eigenvalue weighted by molar-refractivity contribution is 5.81. The van der Waals surface area contributed by atoms with E-state index in [9.17, 15) is 4.79 Å². The molecule has 3 aromatic rings. The van der Waals surface area contributed by atoms with Crippen molar-refractivity contribution < 1.29 is 9.53 Å². The van der Waals surface area contributed by atoms with Crippen molar-refractivity contribution in [1.82, 2.24) is 19.5 Å². The van der Waals surface area contributed by atoms with Crippen molar-refractivity contribution in [2.24, 2.45) is 5.92 Å². The molecule has 1 fully saturated rings. The van der Waals surface area contributed by atoms with E-state index in [0.29, 0.717) is 19.7 Å². The first-order valence-corrected chi connectivity index (χ1v) is 12.3. The highest BCUT2D eigenvalue weighted by Gasteiger charge is 2.33. The highest BCUT2D eigenvalue weighted by Crippen LogP contribution is 2.31. The van der Waals surface area contributed by atoms with Crippen LogP contribution in [0.4, 0.5) is 5.82 Å². The van der Waals surface area contributed by atoms with Crippen LogP contribution in [-0.2, 0) is 4.79 Å². The van der Waals surface area contributed by atoms with Crippen molar-refractivity contribution in [3.8, 4) is 16.9 Å². The first-order chi connectivity index (χ1) is 16.2. The molecule has 5 rings (SSSR count). The molecule has 4 bridgehead atoms. The molecule has 3 heterocycles. The van der Waals surface area contributed by atoms with Gasteiger partial charge in [0.25, 0.3) is 0 Å². The number of amides is 1. The van der Waals surface area contributed by atoms with Crippen LogP contribution in [0.1, 0.15) is 46.5 Å². The third-order valence-corrected chi connectivity index (χ3v) is 6.11. The van der Waals surface area contributed by atoms with E-state index in [4.69, 9.17) is 9.72 Å². The number of hydrogen-bond donors (Lipinski definition) is 0. The quantitative estimate of drug-likeness (QED) is 0.580. The number of aromatic nitrogens is 3. The highest BCUT2D eigenvalue weighted by atomic mass is 16.5. The van der Waals surface area contributed by atoms with Crippen LogP contribution in [0.15, 0.2) is 42.7 Å². The fraction of sp³-hybridized carbons (Fsp3) is 0.500. The van der Waals surface area contributed by atoms with Gasteiger partial charge in [0.2, 0.25) is 5.91 Å². The maximum absolute atomic E-state index is 12.9. The second kappa shape index (κ2) is 10.7. The van der Waals surface area contributed by atoms with Crippen LogP contribution in [-0.4, -0.2) is 58.2 Å². The Morgan fingerprint density at radius 2 is 2.00 bits per heavy atom. The SMILES string of the molecule is CC.CCCCN1CCN(C(=O)C2CC2)CCOc2cccc(c2)-c2cnn3ccc1nc23. The van der Waals surface area contributed by atoms with Gasteiger partial charge in [0, 0.05) is 37.3 Å². The first kappa shape index (κ1) is 23.1. The number of nitrogens with zero attached hydrogens (tertiary/aromatic N) is 5. The number of benzene rings is 1. The topological polar surface area (TPSA) is 63.0 Å². The number of unbranched alkanes of at least 4 members (excludes halogenated alkanes) is 1. The molecule has 2 aromatic heterocycles. The molecule has 1 amide bonds. The van der Waals surface area contributed by atoms with Crippen LogP contribution in [0.5, 0.6) is 5.75 Å². The summed E-state index contributed by atoms with van der Waals surface area (Å²) in [5, 5.41) is 4.50. The standard InChI is InChI=1S/C24H29N5O2.C2H6/c1-2-3-10-27-12-13-28(24(30)18-7-8-18)14-15-31-20-6-4-5-19(16-20)21-17-25-29-11-9-22(27)26-23(21)29;1-2/h4-6,9,11,16-18H,2-3,7-8,10,12-15H2,1H3;1-2H3. The lowest BCUT2D eigenvalue weighted by molar-refractivity contribution is -0.132. The summed E-state index contributed by atoms with van der Waals surface area (Å²) < 4.78 is 7.85. The Bertz CT molecular complexity index is 1080. The molecule has 2 aliphatic rings. The summed E-state index contributed by atoms with van der Waals surface area (Å²) in [6.07, 6.45) is 8.06. The number of carbonyl (C=O) groups is 1. The molecular formula is C26H35N5O2. The second-order valence-electron chi connectivity index (χ2n) is 8.43. The molecule has 1 aliphatic heterocycles. The predicted molar refractivity (Wildman–Crippen MR) is 132 cm³/mol. The lowest BCUT2D eigenvalue weighted by atomic mass is 10.1. The van der Waals surface area contributed by atoms with Crippen LogP contribution in [0.25, 0.3) is 16.8 Å². The minimum absolute atomic E-state index is 0.204. The molecule has 0 saturated heterocycles. The lowest BCUT2D eigenvalue weighted by Crippen LogP contribution is -2.42. The van der Waals surface area contributed by atoms with Gasteiger partial charge in [-0.1, -0.05) is 39.3 Å². The van der Waals surface area contributed by atoms with Gasteiger partial charge in [-0.3, -0.25) is 4.79 Å². The van der Waals surface area contributed by atoms with Crippen LogP contribution >= 0.6 is 0 Å². The smallest absolute Gasteiger partial charge is 0.225 e. The maximum Gasteiger partial charge on any atom is 0.225 e. The molecule has 176 valence electrons. The molecule has 0 unspecified atom stereocenters. The summed E-state index contributed by atoms with van der Waals surface area (Å²) in [7, 11) is 0. The van der Waals surface area contributed by atoms with Gasteiger partial charge in [-0.2, -0.15) is 5.10 Å². The van der Waals surface area contributed by atoms with E-state index >= 15 is 0 Å². The van der Waals surface area contributed by atoms with Gasteiger partial charge in [-0.25, -0.2) is 9.50 Å². The van der Waals surface area contributed by atoms with Gasteiger partial charge in [-0.15, -0.1) is 0 Å². The molecular weight excluding hydrogens is 414 g/mol. The van der Waals surface area contributed by atoms with E-state index in [-0.39, 0.29) is 11.8 Å². The van der Waals surface area contributed by atoms with E-state index in [0.717, 1.165) is 67.1 Å². The lowest BCUT2D eigenvalue weighted by Gasteiger charge is -2.29. The van der Waals surface area contributed by atoms with Crippen LogP contribution in [0.3, 0.4) is 0 Å². The Morgan fingerprint density at radius 3 is 2.79 bits per heavy atom. The Morgan fingerprint density at radius 1 is 1.15 bits per heavy atom. The fourth-order valence-corrected chi connectivity index (χ4v) is 4.12. The van der Waals surface area contributed by atoms with E-state index < -0.39 is 0 Å². The fourth-order valence-electron chi connectivity index (χ4n) is 4.12. The van der Waals surface area contributed by atoms with Crippen molar-refractivity contribution in [3.63, 3.8) is 0 Å². The van der Waals surface area contributed by atoms with Gasteiger partial charge in [0.15, 0.2) is 5.65 Å². The Hall–Kier alpha value is -3.09. The summed E-state index contributed by atoms with van der Waals surface area (Å²) in [4.78, 5) is 22.2. The van der Waals surface area contributed by atoms with Crippen molar-refractivity contribution in [3.05, 3.63) is 42.7 Å². The van der Waals surface area contributed by atoms with Gasteiger partial charge in [-0.05, 0) is 43.0 Å². The van der Waals surface area contributed by atoms with Crippen molar-refractivity contribution >= 4 is 17.4 Å². The number of carbonyl (C=O) groups excluding carboxylic acids is 1.